The Bertz CT molecular complexity index is 734. The summed E-state index contributed by atoms with van der Waals surface area (Å²) in [4.78, 5) is 4.34. The molecule has 1 saturated carbocycles. The summed E-state index contributed by atoms with van der Waals surface area (Å²) >= 11 is 0. The van der Waals surface area contributed by atoms with Crippen molar-refractivity contribution in [3.8, 4) is 0 Å². The average Bonchev–Trinajstić information content (AvgIpc) is 3.46. The Labute approximate surface area is 186 Å². The molecule has 3 rings (SSSR count). The molecule has 2 fully saturated rings. The molecule has 8 heteroatoms. The Morgan fingerprint density at radius 2 is 1.89 bits per heavy atom. The number of aliphatic imine (C=N–C) groups is 1. The van der Waals surface area contributed by atoms with Crippen LogP contribution in [0, 0.1) is 5.92 Å². The monoisotopic (exact) mass is 520 g/mol. The van der Waals surface area contributed by atoms with Gasteiger partial charge >= 0.3 is 0 Å². The SMILES string of the molecule is CCCS(=O)(=O)N1CCC(NC(=NC)NCC2CC2c2ccccc2)CC1.I. The lowest BCUT2D eigenvalue weighted by Gasteiger charge is -2.32. The number of hydrogen-bond donors (Lipinski definition) is 2. The Morgan fingerprint density at radius 3 is 2.50 bits per heavy atom. The lowest BCUT2D eigenvalue weighted by atomic mass is 10.1. The number of hydrogen-bond acceptors (Lipinski definition) is 3. The van der Waals surface area contributed by atoms with Crippen molar-refractivity contribution in [3.63, 3.8) is 0 Å². The molecule has 0 radical (unpaired) electrons. The standard InChI is InChI=1S/C20H32N4O2S.HI/c1-3-13-27(25,26)24-11-9-18(10-12-24)23-20(21-2)22-15-17-14-19(17)16-7-5-4-6-8-16;/h4-8,17-19H,3,9-15H2,1-2H3,(H2,21,22,23);1H. The van der Waals surface area contributed by atoms with Crippen LogP contribution in [0.3, 0.4) is 0 Å². The molecule has 158 valence electrons. The van der Waals surface area contributed by atoms with Gasteiger partial charge in [-0.15, -0.1) is 24.0 Å². The first kappa shape index (κ1) is 23.4. The van der Waals surface area contributed by atoms with Crippen molar-refractivity contribution < 1.29 is 8.42 Å². The highest BCUT2D eigenvalue weighted by atomic mass is 127. The van der Waals surface area contributed by atoms with Crippen LogP contribution in [-0.2, 0) is 10.0 Å². The van der Waals surface area contributed by atoms with Crippen LogP contribution >= 0.6 is 24.0 Å². The largest absolute Gasteiger partial charge is 0.356 e. The van der Waals surface area contributed by atoms with E-state index >= 15 is 0 Å². The normalized spacial score (nSPS) is 23.7. The number of rotatable bonds is 7. The molecule has 0 bridgehead atoms. The first-order chi connectivity index (χ1) is 13.0. The van der Waals surface area contributed by atoms with E-state index < -0.39 is 10.0 Å². The zero-order valence-electron chi connectivity index (χ0n) is 16.8. The molecule has 2 N–H and O–H groups in total. The lowest BCUT2D eigenvalue weighted by Crippen LogP contribution is -2.50. The minimum atomic E-state index is -3.08. The van der Waals surface area contributed by atoms with Gasteiger partial charge in [-0.1, -0.05) is 37.3 Å². The van der Waals surface area contributed by atoms with E-state index in [1.54, 1.807) is 11.4 Å². The number of halogens is 1. The van der Waals surface area contributed by atoms with E-state index in [1.807, 2.05) is 6.92 Å². The molecular weight excluding hydrogens is 487 g/mol. The van der Waals surface area contributed by atoms with Crippen LogP contribution in [0.2, 0.25) is 0 Å². The topological polar surface area (TPSA) is 73.8 Å². The summed E-state index contributed by atoms with van der Waals surface area (Å²) in [7, 11) is -1.29. The van der Waals surface area contributed by atoms with Gasteiger partial charge in [0.25, 0.3) is 0 Å². The Kier molecular flexibility index (Phi) is 9.01. The number of nitrogens with zero attached hydrogens (tertiary/aromatic N) is 2. The molecule has 1 aliphatic heterocycles. The number of benzene rings is 1. The van der Waals surface area contributed by atoms with Crippen molar-refractivity contribution in [2.75, 3.05) is 32.4 Å². The average molecular weight is 520 g/mol. The van der Waals surface area contributed by atoms with E-state index in [0.717, 1.165) is 25.3 Å². The molecule has 1 aromatic rings. The van der Waals surface area contributed by atoms with Gasteiger partial charge < -0.3 is 10.6 Å². The first-order valence-electron chi connectivity index (χ1n) is 10.0. The van der Waals surface area contributed by atoms with Crippen molar-refractivity contribution in [1.29, 1.82) is 0 Å². The van der Waals surface area contributed by atoms with Gasteiger partial charge in [0.1, 0.15) is 0 Å². The predicted molar refractivity (Wildman–Crippen MR) is 126 cm³/mol. The molecule has 28 heavy (non-hydrogen) atoms. The van der Waals surface area contributed by atoms with Gasteiger partial charge in [-0.25, -0.2) is 12.7 Å². The summed E-state index contributed by atoms with van der Waals surface area (Å²) in [5.74, 6) is 2.39. The van der Waals surface area contributed by atoms with Crippen molar-refractivity contribution in [2.45, 2.75) is 44.6 Å². The van der Waals surface area contributed by atoms with E-state index in [2.05, 4.69) is 46.0 Å². The second kappa shape index (κ2) is 10.8. The van der Waals surface area contributed by atoms with Crippen molar-refractivity contribution in [3.05, 3.63) is 35.9 Å². The van der Waals surface area contributed by atoms with Crippen molar-refractivity contribution in [2.24, 2.45) is 10.9 Å². The van der Waals surface area contributed by atoms with Crippen LogP contribution in [0.25, 0.3) is 0 Å². The molecule has 0 aromatic heterocycles. The maximum absolute atomic E-state index is 12.2. The first-order valence-corrected chi connectivity index (χ1v) is 11.6. The quantitative estimate of drug-likeness (QED) is 0.330. The third kappa shape index (κ3) is 6.32. The van der Waals surface area contributed by atoms with Gasteiger partial charge in [0.05, 0.1) is 5.75 Å². The van der Waals surface area contributed by atoms with Crippen LogP contribution in [0.15, 0.2) is 35.3 Å². The fraction of sp³-hybridized carbons (Fsp3) is 0.650. The van der Waals surface area contributed by atoms with Gasteiger partial charge in [-0.3, -0.25) is 4.99 Å². The summed E-state index contributed by atoms with van der Waals surface area (Å²) in [6.07, 6.45) is 3.53. The molecule has 2 aliphatic rings. The maximum Gasteiger partial charge on any atom is 0.214 e. The van der Waals surface area contributed by atoms with Crippen LogP contribution < -0.4 is 10.6 Å². The predicted octanol–water partition coefficient (Wildman–Crippen LogP) is 2.78. The highest BCUT2D eigenvalue weighted by Gasteiger charge is 2.38. The molecule has 2 atom stereocenters. The number of nitrogens with one attached hydrogen (secondary N) is 2. The van der Waals surface area contributed by atoms with Crippen LogP contribution in [0.5, 0.6) is 0 Å². The zero-order valence-corrected chi connectivity index (χ0v) is 19.9. The van der Waals surface area contributed by atoms with Crippen LogP contribution in [0.4, 0.5) is 0 Å². The number of guanidine groups is 1. The van der Waals surface area contributed by atoms with Crippen LogP contribution in [-0.4, -0.2) is 57.2 Å². The van der Waals surface area contributed by atoms with Gasteiger partial charge in [0.2, 0.25) is 10.0 Å². The molecule has 1 aromatic carbocycles. The fourth-order valence-electron chi connectivity index (χ4n) is 3.86. The van der Waals surface area contributed by atoms with Crippen molar-refractivity contribution in [1.82, 2.24) is 14.9 Å². The molecule has 2 unspecified atom stereocenters. The number of piperidine rings is 1. The molecule has 1 heterocycles. The van der Waals surface area contributed by atoms with Gasteiger partial charge in [-0.05, 0) is 43.1 Å². The Balaban J connectivity index is 0.00000280. The highest BCUT2D eigenvalue weighted by molar-refractivity contribution is 14.0. The molecule has 1 aliphatic carbocycles. The third-order valence-electron chi connectivity index (χ3n) is 5.56. The third-order valence-corrected chi connectivity index (χ3v) is 7.63. The molecular formula is C20H33IN4O2S. The number of sulfonamides is 1. The summed E-state index contributed by atoms with van der Waals surface area (Å²) in [5, 5.41) is 6.91. The fourth-order valence-corrected chi connectivity index (χ4v) is 5.40. The Morgan fingerprint density at radius 1 is 1.21 bits per heavy atom. The smallest absolute Gasteiger partial charge is 0.214 e. The molecule has 1 saturated heterocycles. The Hall–Kier alpha value is -0.870. The van der Waals surface area contributed by atoms with E-state index in [0.29, 0.717) is 31.3 Å². The molecule has 0 amide bonds. The van der Waals surface area contributed by atoms with Gasteiger partial charge in [0, 0.05) is 32.7 Å². The van der Waals surface area contributed by atoms with E-state index in [4.69, 9.17) is 0 Å². The van der Waals surface area contributed by atoms with E-state index in [1.165, 1.54) is 12.0 Å². The highest BCUT2D eigenvalue weighted by Crippen LogP contribution is 2.46. The zero-order chi connectivity index (χ0) is 19.3. The summed E-state index contributed by atoms with van der Waals surface area (Å²) in [6.45, 7) is 4.01. The van der Waals surface area contributed by atoms with Crippen molar-refractivity contribution >= 4 is 40.0 Å². The van der Waals surface area contributed by atoms with Gasteiger partial charge in [-0.2, -0.15) is 0 Å². The second-order valence-corrected chi connectivity index (χ2v) is 9.69. The molecule has 6 nitrogen and oxygen atoms in total. The van der Waals surface area contributed by atoms with Gasteiger partial charge in [0.15, 0.2) is 5.96 Å². The molecule has 0 spiro atoms. The maximum atomic E-state index is 12.2. The van der Waals surface area contributed by atoms with Crippen LogP contribution in [0.1, 0.15) is 44.1 Å². The minimum absolute atomic E-state index is 0. The minimum Gasteiger partial charge on any atom is -0.356 e. The lowest BCUT2D eigenvalue weighted by molar-refractivity contribution is 0.306. The van der Waals surface area contributed by atoms with E-state index in [9.17, 15) is 8.42 Å². The summed E-state index contributed by atoms with van der Waals surface area (Å²) < 4.78 is 26.0. The summed E-state index contributed by atoms with van der Waals surface area (Å²) in [6, 6.07) is 10.9. The van der Waals surface area contributed by atoms with E-state index in [-0.39, 0.29) is 35.8 Å². The summed E-state index contributed by atoms with van der Waals surface area (Å²) in [5.41, 5.74) is 1.42. The second-order valence-electron chi connectivity index (χ2n) is 7.60.